The van der Waals surface area contributed by atoms with Gasteiger partial charge in [-0.1, -0.05) is 24.3 Å². The molecular weight excluding hydrogens is 495 g/mol. The number of halogens is 3. The van der Waals surface area contributed by atoms with Crippen molar-refractivity contribution in [2.24, 2.45) is 0 Å². The van der Waals surface area contributed by atoms with E-state index in [9.17, 15) is 22.8 Å². The zero-order valence-corrected chi connectivity index (χ0v) is 20.0. The van der Waals surface area contributed by atoms with Gasteiger partial charge < -0.3 is 29.3 Å². The highest BCUT2D eigenvalue weighted by atomic mass is 19.4. The van der Waals surface area contributed by atoms with Crippen LogP contribution in [0.25, 0.3) is 10.8 Å². The molecule has 1 aliphatic heterocycles. The predicted octanol–water partition coefficient (Wildman–Crippen LogP) is 4.68. The summed E-state index contributed by atoms with van der Waals surface area (Å²) in [5.41, 5.74) is 0.197. The quantitative estimate of drug-likeness (QED) is 0.415. The molecule has 0 spiro atoms. The number of ether oxygens (including phenoxy) is 3. The maximum Gasteiger partial charge on any atom is 0.396 e. The normalized spacial score (nSPS) is 14.4. The Morgan fingerprint density at radius 3 is 2.43 bits per heavy atom. The summed E-state index contributed by atoms with van der Waals surface area (Å²) in [6.07, 6.45) is -5.96. The lowest BCUT2D eigenvalue weighted by molar-refractivity contribution is -0.130. The molecule has 0 unspecified atom stereocenters. The first kappa shape index (κ1) is 26.3. The first-order chi connectivity index (χ1) is 17.7. The molecule has 1 saturated heterocycles. The molecule has 4 rings (SSSR count). The van der Waals surface area contributed by atoms with Gasteiger partial charge in [-0.3, -0.25) is 4.90 Å². The standard InChI is InChI=1S/C25H26F3N3O6/c1-34-23(32)22-20(14-16(37-22)15-25(26,27)28)30-24(33)29-19-6-7-21(18-5-3-2-4-17(18)19)36-13-10-31-8-11-35-12-9-31/h2-7,14H,8-13,15H2,1H3,(H2,29,30,33). The summed E-state index contributed by atoms with van der Waals surface area (Å²) in [4.78, 5) is 26.9. The van der Waals surface area contributed by atoms with Crippen LogP contribution in [-0.4, -0.2) is 69.6 Å². The van der Waals surface area contributed by atoms with Crippen molar-refractivity contribution in [2.75, 3.05) is 57.2 Å². The first-order valence-corrected chi connectivity index (χ1v) is 11.5. The number of benzene rings is 2. The van der Waals surface area contributed by atoms with Crippen molar-refractivity contribution in [3.05, 3.63) is 54.0 Å². The SMILES string of the molecule is COC(=O)c1oc(CC(F)(F)F)cc1NC(=O)Nc1ccc(OCCN2CCOCC2)c2ccccc12. The first-order valence-electron chi connectivity index (χ1n) is 11.5. The molecule has 37 heavy (non-hydrogen) atoms. The van der Waals surface area contributed by atoms with Crippen molar-refractivity contribution >= 4 is 34.1 Å². The summed E-state index contributed by atoms with van der Waals surface area (Å²) in [5, 5.41) is 6.50. The molecule has 1 aliphatic rings. The molecule has 2 aromatic carbocycles. The average molecular weight is 521 g/mol. The molecule has 2 N–H and O–H groups in total. The molecule has 198 valence electrons. The minimum absolute atomic E-state index is 0.240. The Bertz CT molecular complexity index is 1250. The van der Waals surface area contributed by atoms with Gasteiger partial charge in [-0.15, -0.1) is 0 Å². The van der Waals surface area contributed by atoms with Crippen LogP contribution in [0.15, 0.2) is 46.9 Å². The number of urea groups is 1. The lowest BCUT2D eigenvalue weighted by Crippen LogP contribution is -2.38. The molecule has 0 bridgehead atoms. The molecule has 3 aromatic rings. The van der Waals surface area contributed by atoms with Crippen molar-refractivity contribution in [1.29, 1.82) is 0 Å². The van der Waals surface area contributed by atoms with Crippen molar-refractivity contribution in [1.82, 2.24) is 4.90 Å². The second-order valence-electron chi connectivity index (χ2n) is 8.28. The van der Waals surface area contributed by atoms with E-state index in [1.165, 1.54) is 0 Å². The molecule has 0 atom stereocenters. The van der Waals surface area contributed by atoms with Crippen LogP contribution in [0.2, 0.25) is 0 Å². The van der Waals surface area contributed by atoms with E-state index < -0.39 is 36.1 Å². The van der Waals surface area contributed by atoms with Crippen LogP contribution in [0, 0.1) is 0 Å². The van der Waals surface area contributed by atoms with E-state index in [2.05, 4.69) is 20.3 Å². The fraction of sp³-hybridized carbons (Fsp3) is 0.360. The molecule has 0 saturated carbocycles. The van der Waals surface area contributed by atoms with E-state index in [-0.39, 0.29) is 5.69 Å². The summed E-state index contributed by atoms with van der Waals surface area (Å²) in [6, 6.07) is 10.9. The molecular formula is C25H26F3N3O6. The Labute approximate surface area is 210 Å². The number of carbonyl (C=O) groups is 2. The van der Waals surface area contributed by atoms with Gasteiger partial charge in [0.15, 0.2) is 0 Å². The largest absolute Gasteiger partial charge is 0.492 e. The topological polar surface area (TPSA) is 102 Å². The van der Waals surface area contributed by atoms with Gasteiger partial charge in [0.05, 0.1) is 31.7 Å². The Kier molecular flexibility index (Phi) is 8.19. The van der Waals surface area contributed by atoms with Crippen LogP contribution in [0.5, 0.6) is 5.75 Å². The number of hydrogen-bond donors (Lipinski definition) is 2. The molecule has 1 aromatic heterocycles. The summed E-state index contributed by atoms with van der Waals surface area (Å²) in [6.45, 7) is 4.35. The van der Waals surface area contributed by atoms with E-state index >= 15 is 0 Å². The van der Waals surface area contributed by atoms with Gasteiger partial charge in [-0.05, 0) is 12.1 Å². The summed E-state index contributed by atoms with van der Waals surface area (Å²) < 4.78 is 59.2. The molecule has 1 fully saturated rings. The fourth-order valence-corrected chi connectivity index (χ4v) is 3.96. The number of fused-ring (bicyclic) bond motifs is 1. The van der Waals surface area contributed by atoms with Crippen LogP contribution < -0.4 is 15.4 Å². The third-order valence-electron chi connectivity index (χ3n) is 5.68. The molecule has 0 aliphatic carbocycles. The molecule has 2 heterocycles. The molecule has 2 amide bonds. The zero-order chi connectivity index (χ0) is 26.4. The highest BCUT2D eigenvalue weighted by Crippen LogP contribution is 2.32. The van der Waals surface area contributed by atoms with Crippen LogP contribution in [-0.2, 0) is 15.9 Å². The summed E-state index contributed by atoms with van der Waals surface area (Å²) in [5.74, 6) is -1.44. The fourth-order valence-electron chi connectivity index (χ4n) is 3.96. The summed E-state index contributed by atoms with van der Waals surface area (Å²) in [7, 11) is 1.05. The van der Waals surface area contributed by atoms with E-state index in [1.807, 2.05) is 12.1 Å². The summed E-state index contributed by atoms with van der Waals surface area (Å²) >= 11 is 0. The number of morpholine rings is 1. The van der Waals surface area contributed by atoms with Crippen LogP contribution in [0.4, 0.5) is 29.3 Å². The van der Waals surface area contributed by atoms with E-state index in [0.717, 1.165) is 38.2 Å². The molecule has 12 heteroatoms. The van der Waals surface area contributed by atoms with Crippen molar-refractivity contribution in [2.45, 2.75) is 12.6 Å². The number of amides is 2. The highest BCUT2D eigenvalue weighted by Gasteiger charge is 2.32. The minimum Gasteiger partial charge on any atom is -0.492 e. The maximum atomic E-state index is 12.8. The predicted molar refractivity (Wildman–Crippen MR) is 129 cm³/mol. The number of methoxy groups -OCH3 is 1. The van der Waals surface area contributed by atoms with Crippen LogP contribution in [0.3, 0.4) is 0 Å². The lowest BCUT2D eigenvalue weighted by atomic mass is 10.1. The number of rotatable bonds is 8. The van der Waals surface area contributed by atoms with E-state index in [1.54, 1.807) is 24.3 Å². The number of carbonyl (C=O) groups excluding carboxylic acids is 2. The second-order valence-corrected chi connectivity index (χ2v) is 8.28. The monoisotopic (exact) mass is 521 g/mol. The van der Waals surface area contributed by atoms with Crippen molar-refractivity contribution < 1.29 is 41.4 Å². The second kappa shape index (κ2) is 11.5. The Balaban J connectivity index is 1.47. The van der Waals surface area contributed by atoms with Crippen molar-refractivity contribution in [3.63, 3.8) is 0 Å². The number of hydrogen-bond acceptors (Lipinski definition) is 7. The van der Waals surface area contributed by atoms with Gasteiger partial charge in [0, 0.05) is 36.5 Å². The van der Waals surface area contributed by atoms with Crippen LogP contribution in [0.1, 0.15) is 16.3 Å². The van der Waals surface area contributed by atoms with Gasteiger partial charge in [0.2, 0.25) is 5.76 Å². The Hall–Kier alpha value is -3.77. The van der Waals surface area contributed by atoms with Gasteiger partial charge in [0.1, 0.15) is 24.5 Å². The van der Waals surface area contributed by atoms with E-state index in [4.69, 9.17) is 13.9 Å². The highest BCUT2D eigenvalue weighted by molar-refractivity contribution is 6.09. The third kappa shape index (κ3) is 6.92. The third-order valence-corrected chi connectivity index (χ3v) is 5.68. The number of esters is 1. The number of nitrogens with zero attached hydrogens (tertiary/aromatic N) is 1. The molecule has 0 radical (unpaired) electrons. The molecule has 9 nitrogen and oxygen atoms in total. The van der Waals surface area contributed by atoms with Gasteiger partial charge in [-0.2, -0.15) is 13.2 Å². The number of nitrogens with one attached hydrogen (secondary N) is 2. The number of furan rings is 1. The number of alkyl halides is 3. The van der Waals surface area contributed by atoms with Crippen molar-refractivity contribution in [3.8, 4) is 5.75 Å². The van der Waals surface area contributed by atoms with Crippen LogP contribution >= 0.6 is 0 Å². The average Bonchev–Trinajstić information content (AvgIpc) is 3.25. The van der Waals surface area contributed by atoms with Gasteiger partial charge in [0.25, 0.3) is 0 Å². The number of anilines is 2. The lowest BCUT2D eigenvalue weighted by Gasteiger charge is -2.26. The Morgan fingerprint density at radius 1 is 1.03 bits per heavy atom. The van der Waals surface area contributed by atoms with Gasteiger partial charge >= 0.3 is 18.2 Å². The van der Waals surface area contributed by atoms with Gasteiger partial charge in [-0.25, -0.2) is 9.59 Å². The maximum absolute atomic E-state index is 12.8. The Morgan fingerprint density at radius 2 is 1.73 bits per heavy atom. The zero-order valence-electron chi connectivity index (χ0n) is 20.0. The minimum atomic E-state index is -4.56. The van der Waals surface area contributed by atoms with E-state index in [0.29, 0.717) is 36.6 Å². The smallest absolute Gasteiger partial charge is 0.396 e.